The Balaban J connectivity index is 1.48. The van der Waals surface area contributed by atoms with Crippen molar-refractivity contribution < 1.29 is 19.0 Å². The Morgan fingerprint density at radius 1 is 1.08 bits per heavy atom. The fourth-order valence-electron chi connectivity index (χ4n) is 5.58. The monoisotopic (exact) mass is 513 g/mol. The molecule has 4 aromatic rings. The number of methoxy groups -OCH3 is 1. The summed E-state index contributed by atoms with van der Waals surface area (Å²) >= 11 is 0. The van der Waals surface area contributed by atoms with Gasteiger partial charge in [0.25, 0.3) is 0 Å². The van der Waals surface area contributed by atoms with Crippen LogP contribution < -0.4 is 4.74 Å². The van der Waals surface area contributed by atoms with Crippen LogP contribution in [0.2, 0.25) is 0 Å². The van der Waals surface area contributed by atoms with E-state index in [-0.39, 0.29) is 18.3 Å². The number of hydrogen-bond acceptors (Lipinski definition) is 6. The van der Waals surface area contributed by atoms with Crippen molar-refractivity contribution in [3.63, 3.8) is 0 Å². The van der Waals surface area contributed by atoms with Gasteiger partial charge in [0.2, 0.25) is 0 Å². The molecule has 5 rings (SSSR count). The lowest BCUT2D eigenvalue weighted by Gasteiger charge is -2.22. The third-order valence-electron chi connectivity index (χ3n) is 7.55. The predicted molar refractivity (Wildman–Crippen MR) is 146 cm³/mol. The Labute approximate surface area is 223 Å². The largest absolute Gasteiger partial charge is 0.497 e. The van der Waals surface area contributed by atoms with Gasteiger partial charge in [-0.25, -0.2) is 4.68 Å². The lowest BCUT2D eigenvalue weighted by atomic mass is 9.83. The van der Waals surface area contributed by atoms with E-state index in [0.717, 1.165) is 58.3 Å². The van der Waals surface area contributed by atoms with E-state index in [0.29, 0.717) is 19.8 Å². The SMILES string of the molecule is CCOC(=O)C[C@@H](c1cc2c(c(COCc3ccc(OC)cc3)c1)CCC2)c1ccc2c(nnn2C)c1C. The second-order valence-corrected chi connectivity index (χ2v) is 9.93. The molecule has 0 unspecified atom stereocenters. The number of ether oxygens (including phenoxy) is 3. The van der Waals surface area contributed by atoms with Gasteiger partial charge in [-0.15, -0.1) is 5.10 Å². The van der Waals surface area contributed by atoms with Gasteiger partial charge in [0.05, 0.1) is 38.9 Å². The van der Waals surface area contributed by atoms with E-state index < -0.39 is 0 Å². The van der Waals surface area contributed by atoms with E-state index in [1.54, 1.807) is 11.8 Å². The van der Waals surface area contributed by atoms with Crippen LogP contribution in [-0.4, -0.2) is 34.7 Å². The Kier molecular flexibility index (Phi) is 7.74. The first kappa shape index (κ1) is 25.9. The van der Waals surface area contributed by atoms with Crippen molar-refractivity contribution in [1.29, 1.82) is 0 Å². The molecule has 3 aromatic carbocycles. The van der Waals surface area contributed by atoms with Gasteiger partial charge in [-0.3, -0.25) is 4.79 Å². The minimum atomic E-state index is -0.200. The molecule has 1 heterocycles. The maximum Gasteiger partial charge on any atom is 0.306 e. The van der Waals surface area contributed by atoms with Crippen molar-refractivity contribution in [3.8, 4) is 5.75 Å². The van der Waals surface area contributed by atoms with Gasteiger partial charge in [-0.2, -0.15) is 0 Å². The molecule has 1 aliphatic rings. The van der Waals surface area contributed by atoms with E-state index >= 15 is 0 Å². The third-order valence-corrected chi connectivity index (χ3v) is 7.55. The molecular weight excluding hydrogens is 478 g/mol. The van der Waals surface area contributed by atoms with Crippen molar-refractivity contribution in [3.05, 3.63) is 87.5 Å². The summed E-state index contributed by atoms with van der Waals surface area (Å²) in [6, 6.07) is 16.6. The van der Waals surface area contributed by atoms with Crippen molar-refractivity contribution in [2.24, 2.45) is 7.05 Å². The number of carbonyl (C=O) groups excluding carboxylic acids is 1. The molecule has 1 aromatic heterocycles. The highest BCUT2D eigenvalue weighted by molar-refractivity contribution is 5.80. The molecule has 0 fully saturated rings. The molecule has 38 heavy (non-hydrogen) atoms. The highest BCUT2D eigenvalue weighted by Crippen LogP contribution is 2.37. The first-order valence-corrected chi connectivity index (χ1v) is 13.3. The maximum atomic E-state index is 12.8. The number of carbonyl (C=O) groups is 1. The predicted octanol–water partition coefficient (Wildman–Crippen LogP) is 5.58. The standard InChI is InChI=1S/C31H35N3O4/c1-5-38-30(35)17-28(26-13-14-29-31(20(26)2)32-33-34(29)3)23-15-22-7-6-8-27(22)24(16-23)19-37-18-21-9-11-25(36-4)12-10-21/h9-16,28H,5-8,17-19H2,1-4H3/t28-/m0/s1. The second kappa shape index (κ2) is 11.4. The number of esters is 1. The van der Waals surface area contributed by atoms with Gasteiger partial charge in [-0.1, -0.05) is 35.5 Å². The summed E-state index contributed by atoms with van der Waals surface area (Å²) in [4.78, 5) is 12.8. The van der Waals surface area contributed by atoms with Crippen molar-refractivity contribution >= 4 is 17.0 Å². The maximum absolute atomic E-state index is 12.8. The van der Waals surface area contributed by atoms with Gasteiger partial charge in [0.1, 0.15) is 11.3 Å². The number of nitrogens with zero attached hydrogens (tertiary/aromatic N) is 3. The van der Waals surface area contributed by atoms with Crippen LogP contribution in [0.4, 0.5) is 0 Å². The van der Waals surface area contributed by atoms with Crippen molar-refractivity contribution in [1.82, 2.24) is 15.0 Å². The van der Waals surface area contributed by atoms with Crippen LogP contribution in [0.25, 0.3) is 11.0 Å². The lowest BCUT2D eigenvalue weighted by Crippen LogP contribution is -2.14. The summed E-state index contributed by atoms with van der Waals surface area (Å²) in [6.07, 6.45) is 3.51. The average Bonchev–Trinajstić information content (AvgIpc) is 3.55. The molecule has 7 heteroatoms. The summed E-state index contributed by atoms with van der Waals surface area (Å²) in [5.74, 6) is 0.488. The van der Waals surface area contributed by atoms with Crippen LogP contribution in [0.15, 0.2) is 48.5 Å². The molecular formula is C31H35N3O4. The van der Waals surface area contributed by atoms with E-state index in [2.05, 4.69) is 35.4 Å². The summed E-state index contributed by atoms with van der Waals surface area (Å²) in [6.45, 7) is 5.32. The quantitative estimate of drug-likeness (QED) is 0.258. The van der Waals surface area contributed by atoms with Crippen LogP contribution in [-0.2, 0) is 47.4 Å². The first-order valence-electron chi connectivity index (χ1n) is 13.3. The highest BCUT2D eigenvalue weighted by atomic mass is 16.5. The molecule has 0 amide bonds. The normalized spacial score (nSPS) is 13.5. The van der Waals surface area contributed by atoms with E-state index in [4.69, 9.17) is 14.2 Å². The number of fused-ring (bicyclic) bond motifs is 2. The number of aryl methyl sites for hydroxylation is 3. The molecule has 198 valence electrons. The third kappa shape index (κ3) is 5.29. The molecule has 0 radical (unpaired) electrons. The molecule has 0 bridgehead atoms. The summed E-state index contributed by atoms with van der Waals surface area (Å²) in [5, 5.41) is 8.60. The number of hydrogen-bond donors (Lipinski definition) is 0. The van der Waals surface area contributed by atoms with E-state index in [1.165, 1.54) is 16.7 Å². The topological polar surface area (TPSA) is 75.5 Å². The van der Waals surface area contributed by atoms with Crippen LogP contribution in [0.1, 0.15) is 64.6 Å². The van der Waals surface area contributed by atoms with Crippen molar-refractivity contribution in [2.75, 3.05) is 13.7 Å². The fraction of sp³-hybridized carbons (Fsp3) is 0.387. The number of rotatable bonds is 10. The molecule has 1 atom stereocenters. The van der Waals surface area contributed by atoms with Gasteiger partial charge in [0, 0.05) is 13.0 Å². The van der Waals surface area contributed by atoms with E-state index in [9.17, 15) is 4.79 Å². The van der Waals surface area contributed by atoms with Gasteiger partial charge in [-0.05, 0) is 90.3 Å². The minimum absolute atomic E-state index is 0.147. The molecule has 0 N–H and O–H groups in total. The van der Waals surface area contributed by atoms with Crippen LogP contribution in [0, 0.1) is 6.92 Å². The van der Waals surface area contributed by atoms with Crippen LogP contribution in [0.5, 0.6) is 5.75 Å². The molecule has 1 aliphatic carbocycles. The number of aromatic nitrogens is 3. The average molecular weight is 514 g/mol. The lowest BCUT2D eigenvalue weighted by molar-refractivity contribution is -0.143. The summed E-state index contributed by atoms with van der Waals surface area (Å²) < 4.78 is 18.6. The Morgan fingerprint density at radius 2 is 1.89 bits per heavy atom. The van der Waals surface area contributed by atoms with E-state index in [1.807, 2.05) is 44.3 Å². The summed E-state index contributed by atoms with van der Waals surface area (Å²) in [7, 11) is 3.56. The first-order chi connectivity index (χ1) is 18.5. The fourth-order valence-corrected chi connectivity index (χ4v) is 5.58. The zero-order valence-corrected chi connectivity index (χ0v) is 22.6. The van der Waals surface area contributed by atoms with Gasteiger partial charge < -0.3 is 14.2 Å². The smallest absolute Gasteiger partial charge is 0.306 e. The Bertz CT molecular complexity index is 1440. The molecule has 0 saturated carbocycles. The Morgan fingerprint density at radius 3 is 2.66 bits per heavy atom. The van der Waals surface area contributed by atoms with Crippen molar-refractivity contribution in [2.45, 2.75) is 58.7 Å². The molecule has 0 spiro atoms. The molecule has 0 aliphatic heterocycles. The molecule has 0 saturated heterocycles. The van der Waals surface area contributed by atoms with Gasteiger partial charge in [0.15, 0.2) is 0 Å². The minimum Gasteiger partial charge on any atom is -0.497 e. The van der Waals surface area contributed by atoms with Crippen LogP contribution in [0.3, 0.4) is 0 Å². The summed E-state index contributed by atoms with van der Waals surface area (Å²) in [5.41, 5.74) is 10.1. The number of benzene rings is 3. The second-order valence-electron chi connectivity index (χ2n) is 9.93. The highest BCUT2D eigenvalue weighted by Gasteiger charge is 2.26. The Hall–Kier alpha value is -3.71. The van der Waals surface area contributed by atoms with Gasteiger partial charge >= 0.3 is 5.97 Å². The molecule has 7 nitrogen and oxygen atoms in total. The zero-order valence-electron chi connectivity index (χ0n) is 22.6. The van der Waals surface area contributed by atoms with Crippen LogP contribution >= 0.6 is 0 Å². The zero-order chi connectivity index (χ0) is 26.6.